The predicted molar refractivity (Wildman–Crippen MR) is 86.6 cm³/mol. The van der Waals surface area contributed by atoms with Gasteiger partial charge in [0.05, 0.1) is 5.41 Å². The van der Waals surface area contributed by atoms with Crippen LogP contribution in [0.2, 0.25) is 0 Å². The summed E-state index contributed by atoms with van der Waals surface area (Å²) in [5, 5.41) is 0. The maximum atomic E-state index is 12.9. The van der Waals surface area contributed by atoms with Crippen LogP contribution >= 0.6 is 0 Å². The Morgan fingerprint density at radius 3 is 2.29 bits per heavy atom. The minimum absolute atomic E-state index is 0.222. The molecule has 2 aromatic rings. The number of aryl methyl sites for hydroxylation is 2. The number of Topliss-reactive ketones (excluding diaryl/α,β-unsaturated/α-hetero) is 1. The zero-order valence-corrected chi connectivity index (χ0v) is 12.9. The van der Waals surface area contributed by atoms with Crippen LogP contribution in [-0.2, 0) is 16.6 Å². The second kappa shape index (κ2) is 5.48. The molecule has 1 aliphatic rings. The molecule has 21 heavy (non-hydrogen) atoms. The molecule has 0 N–H and O–H groups in total. The zero-order valence-electron chi connectivity index (χ0n) is 12.9. The molecule has 0 amide bonds. The maximum Gasteiger partial charge on any atom is 0.147 e. The highest BCUT2D eigenvalue weighted by Crippen LogP contribution is 2.45. The maximum absolute atomic E-state index is 12.9. The smallest absolute Gasteiger partial charge is 0.147 e. The van der Waals surface area contributed by atoms with Crippen molar-refractivity contribution in [1.82, 2.24) is 0 Å². The van der Waals surface area contributed by atoms with Gasteiger partial charge in [0, 0.05) is 6.42 Å². The van der Waals surface area contributed by atoms with Gasteiger partial charge in [0.2, 0.25) is 0 Å². The molecule has 0 radical (unpaired) electrons. The average Bonchev–Trinajstić information content (AvgIpc) is 2.43. The summed E-state index contributed by atoms with van der Waals surface area (Å²) in [5.74, 6) is 0.378. The summed E-state index contributed by atoms with van der Waals surface area (Å²) >= 11 is 0. The molecule has 0 unspecified atom stereocenters. The molecule has 2 aromatic carbocycles. The number of benzene rings is 2. The molecule has 1 nitrogen and oxygen atoms in total. The minimum atomic E-state index is -0.222. The van der Waals surface area contributed by atoms with Crippen LogP contribution in [-0.4, -0.2) is 5.78 Å². The molecule has 0 atom stereocenters. The van der Waals surface area contributed by atoms with Gasteiger partial charge < -0.3 is 0 Å². The molecular formula is C20H22O. The van der Waals surface area contributed by atoms with E-state index in [9.17, 15) is 4.79 Å². The van der Waals surface area contributed by atoms with Crippen molar-refractivity contribution in [2.45, 2.75) is 44.9 Å². The van der Waals surface area contributed by atoms with Gasteiger partial charge in [-0.25, -0.2) is 0 Å². The van der Waals surface area contributed by atoms with E-state index in [1.807, 2.05) is 18.2 Å². The molecule has 0 bridgehead atoms. The van der Waals surface area contributed by atoms with Crippen LogP contribution in [0.15, 0.2) is 48.5 Å². The van der Waals surface area contributed by atoms with Gasteiger partial charge in [-0.3, -0.25) is 4.79 Å². The van der Waals surface area contributed by atoms with Crippen LogP contribution in [0, 0.1) is 13.8 Å². The number of rotatable bonds is 4. The van der Waals surface area contributed by atoms with Crippen LogP contribution in [0.1, 0.15) is 41.5 Å². The molecule has 0 aliphatic heterocycles. The normalized spacial score (nSPS) is 16.3. The third-order valence-corrected chi connectivity index (χ3v) is 5.00. The first kappa shape index (κ1) is 14.1. The van der Waals surface area contributed by atoms with Crippen LogP contribution in [0.5, 0.6) is 0 Å². The molecular weight excluding hydrogens is 256 g/mol. The Bertz CT molecular complexity index is 651. The summed E-state index contributed by atoms with van der Waals surface area (Å²) in [4.78, 5) is 12.9. The van der Waals surface area contributed by atoms with E-state index in [1.54, 1.807) is 0 Å². The highest BCUT2D eigenvalue weighted by Gasteiger charge is 2.44. The number of hydrogen-bond acceptors (Lipinski definition) is 1. The van der Waals surface area contributed by atoms with Crippen molar-refractivity contribution in [3.05, 3.63) is 70.8 Å². The fourth-order valence-corrected chi connectivity index (χ4v) is 3.28. The minimum Gasteiger partial charge on any atom is -0.298 e. The molecule has 1 aliphatic carbocycles. The Morgan fingerprint density at radius 2 is 1.71 bits per heavy atom. The van der Waals surface area contributed by atoms with Crippen molar-refractivity contribution in [3.8, 4) is 0 Å². The van der Waals surface area contributed by atoms with Crippen molar-refractivity contribution >= 4 is 5.78 Å². The molecule has 108 valence electrons. The van der Waals surface area contributed by atoms with Gasteiger partial charge in [0.1, 0.15) is 5.78 Å². The standard InChI is InChI=1S/C20H22O/c1-15-9-10-17(13-16(15)2)14-19(21)20(11-6-12-20)18-7-4-3-5-8-18/h3-5,7-10,13H,6,11-12,14H2,1-2H3. The highest BCUT2D eigenvalue weighted by molar-refractivity contribution is 5.92. The van der Waals surface area contributed by atoms with Crippen molar-refractivity contribution in [1.29, 1.82) is 0 Å². The van der Waals surface area contributed by atoms with Crippen LogP contribution < -0.4 is 0 Å². The quantitative estimate of drug-likeness (QED) is 0.802. The number of hydrogen-bond donors (Lipinski definition) is 0. The van der Waals surface area contributed by atoms with Gasteiger partial charge in [-0.2, -0.15) is 0 Å². The molecule has 1 fully saturated rings. The lowest BCUT2D eigenvalue weighted by atomic mass is 9.61. The summed E-state index contributed by atoms with van der Waals surface area (Å²) < 4.78 is 0. The summed E-state index contributed by atoms with van der Waals surface area (Å²) in [5.41, 5.74) is 4.67. The summed E-state index contributed by atoms with van der Waals surface area (Å²) in [6.07, 6.45) is 3.71. The van der Waals surface area contributed by atoms with Crippen molar-refractivity contribution < 1.29 is 4.79 Å². The summed E-state index contributed by atoms with van der Waals surface area (Å²) in [6, 6.07) is 16.7. The lowest BCUT2D eigenvalue weighted by molar-refractivity contribution is -0.127. The molecule has 3 rings (SSSR count). The molecule has 0 saturated heterocycles. The Kier molecular flexibility index (Phi) is 3.67. The van der Waals surface area contributed by atoms with Gasteiger partial charge in [-0.1, -0.05) is 55.0 Å². The van der Waals surface area contributed by atoms with E-state index in [-0.39, 0.29) is 5.41 Å². The Labute approximate surface area is 127 Å². The van der Waals surface area contributed by atoms with E-state index in [2.05, 4.69) is 44.2 Å². The van der Waals surface area contributed by atoms with E-state index in [0.29, 0.717) is 12.2 Å². The number of ketones is 1. The number of carbonyl (C=O) groups excluding carboxylic acids is 1. The fraction of sp³-hybridized carbons (Fsp3) is 0.350. The third-order valence-electron chi connectivity index (χ3n) is 5.00. The summed E-state index contributed by atoms with van der Waals surface area (Å²) in [6.45, 7) is 4.22. The highest BCUT2D eigenvalue weighted by atomic mass is 16.1. The molecule has 1 heteroatoms. The molecule has 0 spiro atoms. The first-order chi connectivity index (χ1) is 10.1. The van der Waals surface area contributed by atoms with Gasteiger partial charge in [-0.15, -0.1) is 0 Å². The largest absolute Gasteiger partial charge is 0.298 e. The van der Waals surface area contributed by atoms with E-state index in [0.717, 1.165) is 24.8 Å². The van der Waals surface area contributed by atoms with E-state index < -0.39 is 0 Å². The second-order valence-corrected chi connectivity index (χ2v) is 6.32. The summed E-state index contributed by atoms with van der Waals surface area (Å²) in [7, 11) is 0. The number of carbonyl (C=O) groups is 1. The van der Waals surface area contributed by atoms with Crippen molar-refractivity contribution in [3.63, 3.8) is 0 Å². The van der Waals surface area contributed by atoms with Crippen molar-refractivity contribution in [2.24, 2.45) is 0 Å². The van der Waals surface area contributed by atoms with Gasteiger partial charge in [-0.05, 0) is 48.9 Å². The molecule has 1 saturated carbocycles. The third kappa shape index (κ3) is 2.53. The zero-order chi connectivity index (χ0) is 14.9. The fourth-order valence-electron chi connectivity index (χ4n) is 3.28. The molecule has 0 aromatic heterocycles. The monoisotopic (exact) mass is 278 g/mol. The lowest BCUT2D eigenvalue weighted by Gasteiger charge is -2.41. The SMILES string of the molecule is Cc1ccc(CC(=O)C2(c3ccccc3)CCC2)cc1C. The predicted octanol–water partition coefficient (Wildman–Crippen LogP) is 4.54. The van der Waals surface area contributed by atoms with Crippen LogP contribution in [0.3, 0.4) is 0 Å². The Hall–Kier alpha value is -1.89. The topological polar surface area (TPSA) is 17.1 Å². The molecule has 0 heterocycles. The van der Waals surface area contributed by atoms with E-state index in [4.69, 9.17) is 0 Å². The van der Waals surface area contributed by atoms with E-state index >= 15 is 0 Å². The Morgan fingerprint density at radius 1 is 1.00 bits per heavy atom. The lowest BCUT2D eigenvalue weighted by Crippen LogP contribution is -2.43. The van der Waals surface area contributed by atoms with Gasteiger partial charge in [0.15, 0.2) is 0 Å². The first-order valence-electron chi connectivity index (χ1n) is 7.77. The van der Waals surface area contributed by atoms with Crippen molar-refractivity contribution in [2.75, 3.05) is 0 Å². The van der Waals surface area contributed by atoms with Gasteiger partial charge in [0.25, 0.3) is 0 Å². The van der Waals surface area contributed by atoms with Crippen LogP contribution in [0.4, 0.5) is 0 Å². The first-order valence-corrected chi connectivity index (χ1v) is 7.77. The second-order valence-electron chi connectivity index (χ2n) is 6.32. The van der Waals surface area contributed by atoms with Gasteiger partial charge >= 0.3 is 0 Å². The van der Waals surface area contributed by atoms with Crippen LogP contribution in [0.25, 0.3) is 0 Å². The Balaban J connectivity index is 1.85. The van der Waals surface area contributed by atoms with E-state index in [1.165, 1.54) is 16.7 Å². The average molecular weight is 278 g/mol.